The summed E-state index contributed by atoms with van der Waals surface area (Å²) in [4.78, 5) is 25.9. The van der Waals surface area contributed by atoms with Crippen molar-refractivity contribution in [3.63, 3.8) is 0 Å². The molecule has 1 heterocycles. The van der Waals surface area contributed by atoms with Crippen LogP contribution in [-0.2, 0) is 19.1 Å². The van der Waals surface area contributed by atoms with Crippen molar-refractivity contribution in [2.24, 2.45) is 0 Å². The van der Waals surface area contributed by atoms with E-state index in [2.05, 4.69) is 0 Å². The molecule has 0 bridgehead atoms. The van der Waals surface area contributed by atoms with Crippen LogP contribution < -0.4 is 4.74 Å². The average Bonchev–Trinajstić information content (AvgIpc) is 3.16. The molecule has 1 fully saturated rings. The van der Waals surface area contributed by atoms with Crippen LogP contribution in [-0.4, -0.2) is 55.8 Å². The van der Waals surface area contributed by atoms with Gasteiger partial charge in [0.1, 0.15) is 5.75 Å². The lowest BCUT2D eigenvalue weighted by molar-refractivity contribution is -0.144. The summed E-state index contributed by atoms with van der Waals surface area (Å²) in [5.74, 6) is 0.560. The van der Waals surface area contributed by atoms with Crippen LogP contribution in [0.4, 0.5) is 0 Å². The molecule has 1 aromatic carbocycles. The van der Waals surface area contributed by atoms with Gasteiger partial charge in [-0.3, -0.25) is 9.59 Å². The average molecular weight is 363 g/mol. The van der Waals surface area contributed by atoms with E-state index in [1.807, 2.05) is 30.3 Å². The number of hydrogen-bond acceptors (Lipinski definition) is 5. The zero-order valence-electron chi connectivity index (χ0n) is 15.5. The lowest BCUT2D eigenvalue weighted by Gasteiger charge is -2.25. The van der Waals surface area contributed by atoms with Crippen molar-refractivity contribution in [1.82, 2.24) is 4.90 Å². The third-order valence-corrected chi connectivity index (χ3v) is 4.24. The highest BCUT2D eigenvalue weighted by Crippen LogP contribution is 2.15. The summed E-state index contributed by atoms with van der Waals surface area (Å²) < 4.78 is 16.2. The first-order chi connectivity index (χ1) is 12.7. The molecule has 6 heteroatoms. The molecule has 0 N–H and O–H groups in total. The molecule has 2 rings (SSSR count). The van der Waals surface area contributed by atoms with Crippen LogP contribution in [0.15, 0.2) is 30.3 Å². The van der Waals surface area contributed by atoms with Crippen LogP contribution in [0.5, 0.6) is 5.75 Å². The van der Waals surface area contributed by atoms with E-state index in [1.165, 1.54) is 0 Å². The molecule has 1 saturated heterocycles. The Balaban J connectivity index is 1.76. The van der Waals surface area contributed by atoms with E-state index < -0.39 is 0 Å². The molecule has 1 aliphatic rings. The van der Waals surface area contributed by atoms with Gasteiger partial charge in [-0.25, -0.2) is 0 Å². The quantitative estimate of drug-likeness (QED) is 0.447. The second kappa shape index (κ2) is 11.5. The molecule has 1 unspecified atom stereocenters. The van der Waals surface area contributed by atoms with Crippen LogP contribution in [0.2, 0.25) is 0 Å². The van der Waals surface area contributed by atoms with Crippen LogP contribution in [0.1, 0.15) is 39.0 Å². The van der Waals surface area contributed by atoms with Gasteiger partial charge in [-0.1, -0.05) is 18.2 Å². The summed E-state index contributed by atoms with van der Waals surface area (Å²) >= 11 is 0. The molecule has 26 heavy (non-hydrogen) atoms. The number of esters is 1. The van der Waals surface area contributed by atoms with Gasteiger partial charge in [0.25, 0.3) is 0 Å². The lowest BCUT2D eigenvalue weighted by Crippen LogP contribution is -2.39. The van der Waals surface area contributed by atoms with Gasteiger partial charge in [0, 0.05) is 26.1 Å². The Morgan fingerprint density at radius 3 is 2.73 bits per heavy atom. The zero-order chi connectivity index (χ0) is 18.6. The van der Waals surface area contributed by atoms with Gasteiger partial charge in [0.15, 0.2) is 0 Å². The minimum atomic E-state index is -0.273. The predicted molar refractivity (Wildman–Crippen MR) is 98.0 cm³/mol. The minimum Gasteiger partial charge on any atom is -0.494 e. The molecule has 144 valence electrons. The molecule has 0 aliphatic carbocycles. The van der Waals surface area contributed by atoms with Crippen molar-refractivity contribution < 1.29 is 23.8 Å². The molecule has 1 atom stereocenters. The first kappa shape index (κ1) is 20.2. The highest BCUT2D eigenvalue weighted by molar-refractivity contribution is 5.77. The number of hydrogen-bond donors (Lipinski definition) is 0. The van der Waals surface area contributed by atoms with Crippen LogP contribution in [0.3, 0.4) is 0 Å². The Bertz CT molecular complexity index is 542. The maximum atomic E-state index is 12.6. The second-order valence-electron chi connectivity index (χ2n) is 6.29. The Labute approximate surface area is 155 Å². The summed E-state index contributed by atoms with van der Waals surface area (Å²) in [5.41, 5.74) is 0. The number of amides is 1. The monoisotopic (exact) mass is 363 g/mol. The molecule has 6 nitrogen and oxygen atoms in total. The van der Waals surface area contributed by atoms with Gasteiger partial charge in [0.2, 0.25) is 5.91 Å². The summed E-state index contributed by atoms with van der Waals surface area (Å²) in [6.07, 6.45) is 3.29. The van der Waals surface area contributed by atoms with E-state index in [9.17, 15) is 9.59 Å². The summed E-state index contributed by atoms with van der Waals surface area (Å²) in [6.45, 7) is 4.28. The van der Waals surface area contributed by atoms with Crippen molar-refractivity contribution >= 4 is 11.9 Å². The first-order valence-corrected chi connectivity index (χ1v) is 9.42. The number of para-hydroxylation sites is 1. The molecule has 0 saturated carbocycles. The largest absolute Gasteiger partial charge is 0.494 e. The standard InChI is InChI=1S/C20H29NO5/c1-2-24-20(23)12-13-21(16-18-10-6-14-26-18)19(22)11-7-15-25-17-8-4-3-5-9-17/h3-5,8-9,18H,2,6-7,10-16H2,1H3. The molecule has 0 spiro atoms. The smallest absolute Gasteiger partial charge is 0.307 e. The highest BCUT2D eigenvalue weighted by atomic mass is 16.5. The number of nitrogens with zero attached hydrogens (tertiary/aromatic N) is 1. The maximum absolute atomic E-state index is 12.6. The SMILES string of the molecule is CCOC(=O)CCN(CC1CCCO1)C(=O)CCCOc1ccccc1. The van der Waals surface area contributed by atoms with E-state index in [0.717, 1.165) is 25.2 Å². The number of rotatable bonds is 11. The van der Waals surface area contributed by atoms with Crippen LogP contribution in [0.25, 0.3) is 0 Å². The fraction of sp³-hybridized carbons (Fsp3) is 0.600. The van der Waals surface area contributed by atoms with Gasteiger partial charge in [-0.15, -0.1) is 0 Å². The van der Waals surface area contributed by atoms with E-state index in [-0.39, 0.29) is 24.4 Å². The van der Waals surface area contributed by atoms with E-state index in [0.29, 0.717) is 39.1 Å². The van der Waals surface area contributed by atoms with Gasteiger partial charge < -0.3 is 19.1 Å². The Kier molecular flexibility index (Phi) is 8.96. The topological polar surface area (TPSA) is 65.1 Å². The molecule has 1 amide bonds. The molecule has 0 aromatic heterocycles. The first-order valence-electron chi connectivity index (χ1n) is 9.42. The Morgan fingerprint density at radius 1 is 1.23 bits per heavy atom. The number of carbonyl (C=O) groups is 2. The van der Waals surface area contributed by atoms with Gasteiger partial charge in [0.05, 0.1) is 25.7 Å². The second-order valence-corrected chi connectivity index (χ2v) is 6.29. The Morgan fingerprint density at radius 2 is 2.04 bits per heavy atom. The normalized spacial score (nSPS) is 16.3. The molecule has 1 aliphatic heterocycles. The molecular formula is C20H29NO5. The van der Waals surface area contributed by atoms with Gasteiger partial charge >= 0.3 is 5.97 Å². The third-order valence-electron chi connectivity index (χ3n) is 4.24. The molecular weight excluding hydrogens is 334 g/mol. The number of benzene rings is 1. The molecule has 0 radical (unpaired) electrons. The minimum absolute atomic E-state index is 0.0291. The van der Waals surface area contributed by atoms with Crippen molar-refractivity contribution in [3.8, 4) is 5.75 Å². The van der Waals surface area contributed by atoms with Crippen molar-refractivity contribution in [2.75, 3.05) is 32.9 Å². The van der Waals surface area contributed by atoms with Gasteiger partial charge in [-0.2, -0.15) is 0 Å². The summed E-state index contributed by atoms with van der Waals surface area (Å²) in [7, 11) is 0. The fourth-order valence-electron chi connectivity index (χ4n) is 2.90. The van der Waals surface area contributed by atoms with Gasteiger partial charge in [-0.05, 0) is 38.3 Å². The lowest BCUT2D eigenvalue weighted by atomic mass is 10.2. The zero-order valence-corrected chi connectivity index (χ0v) is 15.5. The van der Waals surface area contributed by atoms with Crippen LogP contribution >= 0.6 is 0 Å². The van der Waals surface area contributed by atoms with E-state index in [4.69, 9.17) is 14.2 Å². The van der Waals surface area contributed by atoms with E-state index >= 15 is 0 Å². The number of carbonyl (C=O) groups excluding carboxylic acids is 2. The maximum Gasteiger partial charge on any atom is 0.307 e. The van der Waals surface area contributed by atoms with Crippen LogP contribution in [0, 0.1) is 0 Å². The highest BCUT2D eigenvalue weighted by Gasteiger charge is 2.23. The fourth-order valence-corrected chi connectivity index (χ4v) is 2.90. The Hall–Kier alpha value is -2.08. The van der Waals surface area contributed by atoms with Crippen molar-refractivity contribution in [3.05, 3.63) is 30.3 Å². The third kappa shape index (κ3) is 7.44. The predicted octanol–water partition coefficient (Wildman–Crippen LogP) is 2.81. The number of ether oxygens (including phenoxy) is 3. The summed E-state index contributed by atoms with van der Waals surface area (Å²) in [5, 5.41) is 0. The molecule has 1 aromatic rings. The van der Waals surface area contributed by atoms with E-state index in [1.54, 1.807) is 11.8 Å². The van der Waals surface area contributed by atoms with Crippen molar-refractivity contribution in [1.29, 1.82) is 0 Å². The van der Waals surface area contributed by atoms with Crippen molar-refractivity contribution in [2.45, 2.75) is 45.1 Å². The summed E-state index contributed by atoms with van der Waals surface area (Å²) in [6, 6.07) is 9.55.